The van der Waals surface area contributed by atoms with Gasteiger partial charge in [0.15, 0.2) is 0 Å². The smallest absolute Gasteiger partial charge is 0.146 e. The summed E-state index contributed by atoms with van der Waals surface area (Å²) in [4.78, 5) is 0. The van der Waals surface area contributed by atoms with E-state index in [9.17, 15) is 10.2 Å². The molecule has 0 heterocycles. The van der Waals surface area contributed by atoms with E-state index in [0.29, 0.717) is 27.3 Å². The van der Waals surface area contributed by atoms with E-state index >= 15 is 0 Å². The van der Waals surface area contributed by atoms with Crippen LogP contribution in [0.4, 0.5) is 0 Å². The molecule has 182 valence electrons. The molecule has 0 aliphatic heterocycles. The van der Waals surface area contributed by atoms with E-state index in [1.165, 1.54) is 0 Å². The number of rotatable bonds is 1. The lowest BCUT2D eigenvalue weighted by Gasteiger charge is -2.32. The Hall–Kier alpha value is -1.20. The Balaban J connectivity index is 2.07. The predicted molar refractivity (Wildman–Crippen MR) is 154 cm³/mol. The number of hydrogen-bond acceptors (Lipinski definition) is 2. The second-order valence-electron chi connectivity index (χ2n) is 8.63. The number of hydrogen-bond donors (Lipinski definition) is 2. The molecule has 0 atom stereocenters. The van der Waals surface area contributed by atoms with Crippen LogP contribution in [0.15, 0.2) is 24.3 Å². The lowest BCUT2D eigenvalue weighted by molar-refractivity contribution is 0.465. The molecule has 0 saturated heterocycles. The third-order valence-corrected chi connectivity index (χ3v) is 10.2. The highest BCUT2D eigenvalue weighted by Crippen LogP contribution is 2.63. The summed E-state index contributed by atoms with van der Waals surface area (Å²) < 4.78 is 0. The van der Waals surface area contributed by atoms with Gasteiger partial charge in [-0.2, -0.15) is 0 Å². The standard InChI is InChI=1S/C26H10Cl8O2/c1-6-2-4-7(5-3-6)8-12-10-9-11-13(8)18(28)24(34)20(30)15(11)22(32)26(36)16(9)25(35)21(31)14(10)19(29)23(33)17(12)27/h2-5,8,35-36H,1H3. The summed E-state index contributed by atoms with van der Waals surface area (Å²) in [5.41, 5.74) is 2.98. The third kappa shape index (κ3) is 3.02. The molecule has 0 aromatic heterocycles. The summed E-state index contributed by atoms with van der Waals surface area (Å²) in [6.45, 7) is 1.97. The van der Waals surface area contributed by atoms with Crippen LogP contribution in [0.1, 0.15) is 28.2 Å². The molecule has 0 fully saturated rings. The van der Waals surface area contributed by atoms with Crippen molar-refractivity contribution in [2.75, 3.05) is 0 Å². The summed E-state index contributed by atoms with van der Waals surface area (Å²) in [7, 11) is 0. The van der Waals surface area contributed by atoms with Crippen molar-refractivity contribution in [1.29, 1.82) is 0 Å². The van der Waals surface area contributed by atoms with E-state index in [1.54, 1.807) is 0 Å². The Labute approximate surface area is 244 Å². The maximum Gasteiger partial charge on any atom is 0.146 e. The van der Waals surface area contributed by atoms with E-state index in [-0.39, 0.29) is 56.3 Å². The Morgan fingerprint density at radius 1 is 0.472 bits per heavy atom. The molecule has 0 saturated carbocycles. The maximum atomic E-state index is 11.1. The largest absolute Gasteiger partial charge is 0.506 e. The molecule has 10 heteroatoms. The molecular weight excluding hydrogens is 628 g/mol. The minimum atomic E-state index is -0.586. The number of phenolic OH excluding ortho intramolecular Hbond substituents is 2. The Morgan fingerprint density at radius 3 is 1.31 bits per heavy atom. The number of aromatic hydroxyl groups is 2. The molecular formula is C26H10Cl8O2. The van der Waals surface area contributed by atoms with Gasteiger partial charge in [0, 0.05) is 22.1 Å². The molecule has 0 unspecified atom stereocenters. The normalized spacial score (nSPS) is 13.2. The second kappa shape index (κ2) is 8.40. The van der Waals surface area contributed by atoms with Crippen molar-refractivity contribution in [3.8, 4) is 11.5 Å². The van der Waals surface area contributed by atoms with Gasteiger partial charge in [-0.25, -0.2) is 0 Å². The SMILES string of the molecule is Cc1ccc(C2c3c(Cl)c(Cl)c(Cl)c4c(Cl)c(O)c5c(O)c(Cl)c6c(Cl)c(Cl)c(Cl)c2c6c5c34)cc1. The second-order valence-corrected chi connectivity index (χ2v) is 11.7. The van der Waals surface area contributed by atoms with Gasteiger partial charge >= 0.3 is 0 Å². The van der Waals surface area contributed by atoms with Crippen LogP contribution in [0.25, 0.3) is 32.3 Å². The van der Waals surface area contributed by atoms with Crippen molar-refractivity contribution in [1.82, 2.24) is 0 Å². The molecule has 0 amide bonds. The van der Waals surface area contributed by atoms with E-state index in [1.807, 2.05) is 31.2 Å². The van der Waals surface area contributed by atoms with E-state index in [2.05, 4.69) is 0 Å². The van der Waals surface area contributed by atoms with Gasteiger partial charge < -0.3 is 10.2 Å². The molecule has 0 spiro atoms. The summed E-state index contributed by atoms with van der Waals surface area (Å²) in [6.07, 6.45) is 0. The quantitative estimate of drug-likeness (QED) is 0.139. The van der Waals surface area contributed by atoms with E-state index < -0.39 is 17.4 Å². The summed E-state index contributed by atoms with van der Waals surface area (Å²) in [5, 5.41) is 24.6. The van der Waals surface area contributed by atoms with Crippen LogP contribution in [0.2, 0.25) is 40.2 Å². The van der Waals surface area contributed by atoms with Crippen molar-refractivity contribution >= 4 is 125 Å². The number of phenols is 2. The fourth-order valence-corrected chi connectivity index (χ4v) is 7.56. The number of halogens is 8. The zero-order chi connectivity index (χ0) is 26.0. The van der Waals surface area contributed by atoms with Gasteiger partial charge in [0.25, 0.3) is 0 Å². The minimum absolute atomic E-state index is 0.0127. The van der Waals surface area contributed by atoms with Crippen molar-refractivity contribution in [2.24, 2.45) is 0 Å². The third-order valence-electron chi connectivity index (χ3n) is 6.79. The van der Waals surface area contributed by atoms with Crippen LogP contribution < -0.4 is 0 Å². The Kier molecular flexibility index (Phi) is 5.86. The molecule has 2 nitrogen and oxygen atoms in total. The minimum Gasteiger partial charge on any atom is -0.506 e. The van der Waals surface area contributed by atoms with Gasteiger partial charge in [0.1, 0.15) is 11.5 Å². The highest BCUT2D eigenvalue weighted by atomic mass is 35.5. The van der Waals surface area contributed by atoms with Gasteiger partial charge in [-0.3, -0.25) is 0 Å². The van der Waals surface area contributed by atoms with Crippen molar-refractivity contribution < 1.29 is 10.2 Å². The number of benzene rings is 5. The molecule has 5 aromatic rings. The molecule has 5 aromatic carbocycles. The van der Waals surface area contributed by atoms with Gasteiger partial charge in [0.2, 0.25) is 0 Å². The van der Waals surface area contributed by atoms with Gasteiger partial charge in [-0.05, 0) is 34.4 Å². The zero-order valence-electron chi connectivity index (χ0n) is 17.8. The predicted octanol–water partition coefficient (Wildman–Crippen LogP) is 11.6. The van der Waals surface area contributed by atoms with Gasteiger partial charge in [0.05, 0.1) is 45.6 Å². The first-order chi connectivity index (χ1) is 17.0. The first-order valence-electron chi connectivity index (χ1n) is 10.4. The monoisotopic (exact) mass is 634 g/mol. The van der Waals surface area contributed by atoms with Crippen molar-refractivity contribution in [3.63, 3.8) is 0 Å². The lowest BCUT2D eigenvalue weighted by Crippen LogP contribution is -2.12. The molecule has 1 aliphatic rings. The Bertz CT molecular complexity index is 1740. The van der Waals surface area contributed by atoms with Crippen LogP contribution in [0, 0.1) is 6.92 Å². The van der Waals surface area contributed by atoms with Gasteiger partial charge in [-0.1, -0.05) is 123 Å². The highest BCUT2D eigenvalue weighted by molar-refractivity contribution is 6.58. The fourth-order valence-electron chi connectivity index (χ4n) is 5.25. The number of aryl methyl sites for hydroxylation is 1. The average molecular weight is 638 g/mol. The van der Waals surface area contributed by atoms with E-state index in [0.717, 1.165) is 11.1 Å². The van der Waals surface area contributed by atoms with Crippen LogP contribution in [-0.2, 0) is 0 Å². The topological polar surface area (TPSA) is 40.5 Å². The first kappa shape index (κ1) is 25.1. The van der Waals surface area contributed by atoms with Crippen LogP contribution >= 0.6 is 92.8 Å². The Morgan fingerprint density at radius 2 is 0.889 bits per heavy atom. The molecule has 6 rings (SSSR count). The molecule has 1 aliphatic carbocycles. The first-order valence-corrected chi connectivity index (χ1v) is 13.4. The lowest BCUT2D eigenvalue weighted by atomic mass is 9.74. The molecule has 0 bridgehead atoms. The van der Waals surface area contributed by atoms with Crippen LogP contribution in [0.3, 0.4) is 0 Å². The molecule has 2 N–H and O–H groups in total. The van der Waals surface area contributed by atoms with Crippen molar-refractivity contribution in [3.05, 3.63) is 86.7 Å². The molecule has 36 heavy (non-hydrogen) atoms. The van der Waals surface area contributed by atoms with Gasteiger partial charge in [-0.15, -0.1) is 0 Å². The molecule has 0 radical (unpaired) electrons. The summed E-state index contributed by atoms with van der Waals surface area (Å²) >= 11 is 53.6. The summed E-state index contributed by atoms with van der Waals surface area (Å²) in [6, 6.07) is 7.81. The van der Waals surface area contributed by atoms with Crippen molar-refractivity contribution in [2.45, 2.75) is 12.8 Å². The van der Waals surface area contributed by atoms with Crippen LogP contribution in [0.5, 0.6) is 11.5 Å². The maximum absolute atomic E-state index is 11.1. The average Bonchev–Trinajstić information content (AvgIpc) is 2.85. The zero-order valence-corrected chi connectivity index (χ0v) is 23.9. The fraction of sp³-hybridized carbons (Fsp3) is 0.0769. The van der Waals surface area contributed by atoms with E-state index in [4.69, 9.17) is 92.8 Å². The highest BCUT2D eigenvalue weighted by Gasteiger charge is 2.38. The van der Waals surface area contributed by atoms with Crippen LogP contribution in [-0.4, -0.2) is 10.2 Å². The summed E-state index contributed by atoms with van der Waals surface area (Å²) in [5.74, 6) is -1.43.